The third kappa shape index (κ3) is 4.15. The summed E-state index contributed by atoms with van der Waals surface area (Å²) < 4.78 is 12.0. The van der Waals surface area contributed by atoms with Gasteiger partial charge in [0.1, 0.15) is 11.0 Å². The Kier molecular flexibility index (Phi) is 6.40. The van der Waals surface area contributed by atoms with E-state index in [-0.39, 0.29) is 6.61 Å². The lowest BCUT2D eigenvalue weighted by molar-refractivity contribution is -0.125. The van der Waals surface area contributed by atoms with Crippen LogP contribution in [-0.2, 0) is 26.3 Å². The fraction of sp³-hybridized carbons (Fsp3) is 0.241. The number of benzene rings is 3. The first-order valence-electron chi connectivity index (χ1n) is 11.3. The van der Waals surface area contributed by atoms with Crippen molar-refractivity contribution in [2.24, 2.45) is 0 Å². The predicted octanol–water partition coefficient (Wildman–Crippen LogP) is 6.03. The molecule has 0 aliphatic carbocycles. The average molecular weight is 456 g/mol. The molecule has 0 spiro atoms. The van der Waals surface area contributed by atoms with Gasteiger partial charge in [-0.15, -0.1) is 6.58 Å². The van der Waals surface area contributed by atoms with Crippen LogP contribution in [-0.4, -0.2) is 23.7 Å². The molecule has 0 fully saturated rings. The van der Waals surface area contributed by atoms with Crippen LogP contribution in [0.25, 0.3) is 0 Å². The highest BCUT2D eigenvalue weighted by Crippen LogP contribution is 2.50. The van der Waals surface area contributed by atoms with E-state index in [4.69, 9.17) is 9.47 Å². The number of carbonyl (C=O) groups is 2. The zero-order chi connectivity index (χ0) is 24.3. The van der Waals surface area contributed by atoms with Gasteiger partial charge in [-0.25, -0.2) is 9.69 Å². The van der Waals surface area contributed by atoms with E-state index in [0.29, 0.717) is 11.3 Å². The van der Waals surface area contributed by atoms with Crippen LogP contribution in [0, 0.1) is 0 Å². The summed E-state index contributed by atoms with van der Waals surface area (Å²) in [5, 5.41) is 0. The molecular weight excluding hydrogens is 426 g/mol. The predicted molar refractivity (Wildman–Crippen MR) is 133 cm³/mol. The lowest BCUT2D eigenvalue weighted by atomic mass is 9.71. The number of imide groups is 1. The summed E-state index contributed by atoms with van der Waals surface area (Å²) in [6.45, 7) is 9.62. The Bertz CT molecular complexity index is 1180. The molecule has 0 aromatic heterocycles. The summed E-state index contributed by atoms with van der Waals surface area (Å²) >= 11 is 0. The summed E-state index contributed by atoms with van der Waals surface area (Å²) in [5.41, 5.74) is 0.796. The molecule has 3 aromatic rings. The lowest BCUT2D eigenvalue weighted by Gasteiger charge is -2.35. The smallest absolute Gasteiger partial charge is 0.421 e. The first kappa shape index (κ1) is 23.5. The summed E-state index contributed by atoms with van der Waals surface area (Å²) in [6.07, 6.45) is 0.188. The molecule has 3 aromatic carbocycles. The van der Waals surface area contributed by atoms with Gasteiger partial charge in [0, 0.05) is 0 Å². The van der Waals surface area contributed by atoms with Crippen molar-refractivity contribution >= 4 is 17.7 Å². The lowest BCUT2D eigenvalue weighted by Crippen LogP contribution is -2.51. The van der Waals surface area contributed by atoms with Gasteiger partial charge in [-0.3, -0.25) is 4.79 Å². The molecule has 0 bridgehead atoms. The van der Waals surface area contributed by atoms with Crippen LogP contribution >= 0.6 is 0 Å². The van der Waals surface area contributed by atoms with Gasteiger partial charge in [0.15, 0.2) is 0 Å². The van der Waals surface area contributed by atoms with Crippen molar-refractivity contribution in [3.63, 3.8) is 0 Å². The maximum atomic E-state index is 14.3. The Morgan fingerprint density at radius 3 is 2.18 bits per heavy atom. The normalized spacial score (nSPS) is 18.3. The van der Waals surface area contributed by atoms with Crippen molar-refractivity contribution in [2.75, 3.05) is 4.90 Å². The van der Waals surface area contributed by atoms with E-state index < -0.39 is 29.1 Å². The molecule has 1 aliphatic rings. The van der Waals surface area contributed by atoms with Crippen LogP contribution < -0.4 is 4.90 Å². The van der Waals surface area contributed by atoms with Crippen LogP contribution in [0.4, 0.5) is 10.5 Å². The van der Waals surface area contributed by atoms with Crippen molar-refractivity contribution < 1.29 is 19.1 Å². The van der Waals surface area contributed by atoms with E-state index in [1.807, 2.05) is 72.8 Å². The van der Waals surface area contributed by atoms with Gasteiger partial charge in [-0.05, 0) is 43.5 Å². The molecule has 2 amide bonds. The highest BCUT2D eigenvalue weighted by Gasteiger charge is 2.59. The minimum absolute atomic E-state index is 0.286. The van der Waals surface area contributed by atoms with E-state index in [0.717, 1.165) is 16.0 Å². The number of nitrogens with zero attached hydrogens (tertiary/aromatic N) is 1. The number of carbonyl (C=O) groups excluding carboxylic acids is 2. The van der Waals surface area contributed by atoms with E-state index in [9.17, 15) is 9.59 Å². The second-order valence-electron chi connectivity index (χ2n) is 9.26. The second-order valence-corrected chi connectivity index (χ2v) is 9.26. The number of anilines is 1. The minimum atomic E-state index is -1.30. The molecule has 34 heavy (non-hydrogen) atoms. The molecule has 5 nitrogen and oxygen atoms in total. The van der Waals surface area contributed by atoms with E-state index in [1.54, 1.807) is 39.0 Å². The number of amides is 2. The summed E-state index contributed by atoms with van der Waals surface area (Å²) in [4.78, 5) is 28.7. The SMILES string of the molecule is C=C[C@H](OCc1ccccc1)[C@]1(c2ccccc2)C(=O)N(C(=O)OC(C)(C)C)c2ccccc21. The zero-order valence-corrected chi connectivity index (χ0v) is 19.7. The van der Waals surface area contributed by atoms with Gasteiger partial charge in [0.25, 0.3) is 5.91 Å². The highest BCUT2D eigenvalue weighted by atomic mass is 16.6. The molecular formula is C29H29NO4. The topological polar surface area (TPSA) is 55.8 Å². The molecule has 0 saturated heterocycles. The van der Waals surface area contributed by atoms with Crippen molar-refractivity contribution in [1.29, 1.82) is 0 Å². The Labute approximate surface area is 200 Å². The van der Waals surface area contributed by atoms with Crippen molar-refractivity contribution in [3.05, 3.63) is 114 Å². The van der Waals surface area contributed by atoms with Gasteiger partial charge in [-0.1, -0.05) is 84.9 Å². The van der Waals surface area contributed by atoms with Crippen molar-refractivity contribution in [2.45, 2.75) is 44.5 Å². The molecule has 5 heteroatoms. The largest absolute Gasteiger partial charge is 0.443 e. The molecule has 174 valence electrons. The Hall–Kier alpha value is -3.70. The molecule has 1 aliphatic heterocycles. The van der Waals surface area contributed by atoms with Gasteiger partial charge < -0.3 is 9.47 Å². The van der Waals surface area contributed by atoms with Crippen LogP contribution in [0.3, 0.4) is 0 Å². The van der Waals surface area contributed by atoms with E-state index in [2.05, 4.69) is 6.58 Å². The summed E-state index contributed by atoms with van der Waals surface area (Å²) in [7, 11) is 0. The standard InChI is InChI=1S/C29H29NO4/c1-5-25(33-20-21-14-8-6-9-15-21)29(22-16-10-7-11-17-22)23-18-12-13-19-24(23)30(26(29)31)27(32)34-28(2,3)4/h5-19,25H,1,20H2,2-4H3/t25-,29+/m0/s1. The minimum Gasteiger partial charge on any atom is -0.443 e. The maximum Gasteiger partial charge on any atom is 0.421 e. The maximum absolute atomic E-state index is 14.3. The first-order chi connectivity index (χ1) is 16.3. The Morgan fingerprint density at radius 1 is 0.971 bits per heavy atom. The van der Waals surface area contributed by atoms with E-state index >= 15 is 0 Å². The fourth-order valence-corrected chi connectivity index (χ4v) is 4.44. The van der Waals surface area contributed by atoms with Crippen molar-refractivity contribution in [3.8, 4) is 0 Å². The molecule has 0 saturated carbocycles. The van der Waals surface area contributed by atoms with Crippen LogP contribution in [0.15, 0.2) is 97.6 Å². The average Bonchev–Trinajstić information content (AvgIpc) is 3.09. The molecule has 1 heterocycles. The van der Waals surface area contributed by atoms with Gasteiger partial charge in [-0.2, -0.15) is 0 Å². The quantitative estimate of drug-likeness (QED) is 0.426. The van der Waals surface area contributed by atoms with Crippen LogP contribution in [0.2, 0.25) is 0 Å². The highest BCUT2D eigenvalue weighted by molar-refractivity contribution is 6.23. The van der Waals surface area contributed by atoms with Crippen molar-refractivity contribution in [1.82, 2.24) is 0 Å². The number of para-hydroxylation sites is 1. The second kappa shape index (κ2) is 9.27. The number of hydrogen-bond acceptors (Lipinski definition) is 4. The Balaban J connectivity index is 1.87. The van der Waals surface area contributed by atoms with Crippen LogP contribution in [0.1, 0.15) is 37.5 Å². The van der Waals surface area contributed by atoms with E-state index in [1.165, 1.54) is 0 Å². The molecule has 4 rings (SSSR count). The monoisotopic (exact) mass is 455 g/mol. The van der Waals surface area contributed by atoms with Crippen LogP contribution in [0.5, 0.6) is 0 Å². The number of hydrogen-bond donors (Lipinski definition) is 0. The van der Waals surface area contributed by atoms with Gasteiger partial charge >= 0.3 is 6.09 Å². The summed E-state index contributed by atoms with van der Waals surface area (Å²) in [5.74, 6) is -0.424. The first-order valence-corrected chi connectivity index (χ1v) is 11.3. The number of fused-ring (bicyclic) bond motifs is 1. The third-order valence-corrected chi connectivity index (χ3v) is 5.83. The number of ether oxygens (including phenoxy) is 2. The molecule has 0 unspecified atom stereocenters. The van der Waals surface area contributed by atoms with Gasteiger partial charge in [0.2, 0.25) is 0 Å². The zero-order valence-electron chi connectivity index (χ0n) is 19.7. The molecule has 0 radical (unpaired) electrons. The fourth-order valence-electron chi connectivity index (χ4n) is 4.44. The third-order valence-electron chi connectivity index (χ3n) is 5.83. The molecule has 2 atom stereocenters. The summed E-state index contributed by atoms with van der Waals surface area (Å²) in [6, 6.07) is 26.5. The Morgan fingerprint density at radius 2 is 1.56 bits per heavy atom. The number of rotatable bonds is 6. The van der Waals surface area contributed by atoms with Gasteiger partial charge in [0.05, 0.1) is 18.4 Å². The molecule has 0 N–H and O–H groups in total.